The summed E-state index contributed by atoms with van der Waals surface area (Å²) < 4.78 is 0. The summed E-state index contributed by atoms with van der Waals surface area (Å²) in [5.41, 5.74) is 0. The molecule has 6 heteroatoms. The zero-order valence-electron chi connectivity index (χ0n) is 11.7. The van der Waals surface area contributed by atoms with Gasteiger partial charge in [-0.1, -0.05) is 0 Å². The highest BCUT2D eigenvalue weighted by atomic mass is 16.4. The number of aliphatic carboxylic acids is 1. The second-order valence-electron chi connectivity index (χ2n) is 5.58. The van der Waals surface area contributed by atoms with Gasteiger partial charge in [0.1, 0.15) is 0 Å². The molecule has 2 amide bonds. The molecule has 0 spiro atoms. The van der Waals surface area contributed by atoms with Crippen molar-refractivity contribution in [2.24, 2.45) is 5.92 Å². The third-order valence-electron chi connectivity index (χ3n) is 3.90. The Kier molecular flexibility index (Phi) is 4.98. The Hall–Kier alpha value is -1.59. The number of hydrogen-bond acceptors (Lipinski definition) is 3. The predicted molar refractivity (Wildman–Crippen MR) is 72.0 cm³/mol. The fourth-order valence-electron chi connectivity index (χ4n) is 2.48. The zero-order valence-corrected chi connectivity index (χ0v) is 11.7. The first-order valence-corrected chi connectivity index (χ1v) is 7.36. The number of amides is 2. The van der Waals surface area contributed by atoms with Crippen molar-refractivity contribution in [3.63, 3.8) is 0 Å². The van der Waals surface area contributed by atoms with E-state index >= 15 is 0 Å². The normalized spacial score (nSPS) is 19.0. The first kappa shape index (κ1) is 14.8. The summed E-state index contributed by atoms with van der Waals surface area (Å²) in [6.45, 7) is 2.48. The molecule has 0 aromatic carbocycles. The summed E-state index contributed by atoms with van der Waals surface area (Å²) in [4.78, 5) is 37.8. The van der Waals surface area contributed by atoms with Gasteiger partial charge in [-0.05, 0) is 25.7 Å². The van der Waals surface area contributed by atoms with Crippen LogP contribution in [0.5, 0.6) is 0 Å². The third kappa shape index (κ3) is 4.21. The molecule has 1 heterocycles. The van der Waals surface area contributed by atoms with Crippen molar-refractivity contribution in [3.8, 4) is 0 Å². The van der Waals surface area contributed by atoms with Crippen LogP contribution in [-0.4, -0.2) is 58.9 Å². The summed E-state index contributed by atoms with van der Waals surface area (Å²) in [6.07, 6.45) is 3.72. The summed E-state index contributed by atoms with van der Waals surface area (Å²) in [5.74, 6) is -0.245. The van der Waals surface area contributed by atoms with E-state index in [-0.39, 0.29) is 24.2 Å². The smallest absolute Gasteiger partial charge is 0.303 e. The monoisotopic (exact) mass is 282 g/mol. The maximum Gasteiger partial charge on any atom is 0.303 e. The van der Waals surface area contributed by atoms with E-state index in [1.165, 1.54) is 0 Å². The molecule has 1 aliphatic heterocycles. The topological polar surface area (TPSA) is 77.9 Å². The molecule has 0 aromatic heterocycles. The van der Waals surface area contributed by atoms with Crippen molar-refractivity contribution in [2.45, 2.75) is 38.5 Å². The molecular formula is C14H22N2O4. The van der Waals surface area contributed by atoms with E-state index in [0.29, 0.717) is 45.4 Å². The van der Waals surface area contributed by atoms with Gasteiger partial charge < -0.3 is 14.9 Å². The minimum atomic E-state index is -0.815. The molecule has 1 N–H and O–H groups in total. The van der Waals surface area contributed by atoms with E-state index in [4.69, 9.17) is 5.11 Å². The summed E-state index contributed by atoms with van der Waals surface area (Å²) in [7, 11) is 0. The Morgan fingerprint density at radius 3 is 2.00 bits per heavy atom. The Labute approximate surface area is 118 Å². The van der Waals surface area contributed by atoms with Crippen LogP contribution < -0.4 is 0 Å². The zero-order chi connectivity index (χ0) is 14.5. The summed E-state index contributed by atoms with van der Waals surface area (Å²) >= 11 is 0. The first-order valence-electron chi connectivity index (χ1n) is 7.36. The van der Waals surface area contributed by atoms with Crippen LogP contribution in [0.2, 0.25) is 0 Å². The van der Waals surface area contributed by atoms with E-state index in [1.807, 2.05) is 4.90 Å². The van der Waals surface area contributed by atoms with Crippen LogP contribution >= 0.6 is 0 Å². The Morgan fingerprint density at radius 1 is 0.900 bits per heavy atom. The quantitative estimate of drug-likeness (QED) is 0.728. The molecule has 0 radical (unpaired) electrons. The predicted octanol–water partition coefficient (Wildman–Crippen LogP) is 0.712. The number of piperazine rings is 1. The molecule has 0 unspecified atom stereocenters. The highest BCUT2D eigenvalue weighted by Gasteiger charge is 2.34. The van der Waals surface area contributed by atoms with E-state index < -0.39 is 5.97 Å². The number of carbonyl (C=O) groups excluding carboxylic acids is 2. The molecular weight excluding hydrogens is 260 g/mol. The number of carboxylic acids is 1. The highest BCUT2D eigenvalue weighted by Crippen LogP contribution is 2.31. The average molecular weight is 282 g/mol. The van der Waals surface area contributed by atoms with E-state index in [0.717, 1.165) is 12.8 Å². The van der Waals surface area contributed by atoms with Gasteiger partial charge in [-0.25, -0.2) is 0 Å². The fourth-order valence-corrected chi connectivity index (χ4v) is 2.48. The third-order valence-corrected chi connectivity index (χ3v) is 3.90. The van der Waals surface area contributed by atoms with Crippen LogP contribution in [0, 0.1) is 5.92 Å². The van der Waals surface area contributed by atoms with Gasteiger partial charge in [0, 0.05) is 44.9 Å². The lowest BCUT2D eigenvalue weighted by Gasteiger charge is -2.35. The number of hydrogen-bond donors (Lipinski definition) is 1. The molecule has 20 heavy (non-hydrogen) atoms. The fraction of sp³-hybridized carbons (Fsp3) is 0.786. The van der Waals surface area contributed by atoms with Gasteiger partial charge >= 0.3 is 5.97 Å². The maximum atomic E-state index is 11.9. The minimum absolute atomic E-state index is 0.0777. The van der Waals surface area contributed by atoms with Crippen molar-refractivity contribution in [2.75, 3.05) is 26.2 Å². The largest absolute Gasteiger partial charge is 0.481 e. The molecule has 6 nitrogen and oxygen atoms in total. The average Bonchev–Trinajstić information content (AvgIpc) is 3.27. The molecule has 1 saturated carbocycles. The number of carbonyl (C=O) groups is 3. The standard InChI is InChI=1S/C14H22N2O4/c17-12(3-1-2-4-13(18)19)15-7-9-16(10-8-15)14(20)11-5-6-11/h11H,1-10H2,(H,18,19). The molecule has 1 aliphatic carbocycles. The van der Waals surface area contributed by atoms with Crippen LogP contribution in [0.4, 0.5) is 0 Å². The molecule has 0 aromatic rings. The van der Waals surface area contributed by atoms with Gasteiger partial charge in [0.05, 0.1) is 0 Å². The molecule has 112 valence electrons. The van der Waals surface area contributed by atoms with Crippen molar-refractivity contribution in [3.05, 3.63) is 0 Å². The number of unbranched alkanes of at least 4 members (excludes halogenated alkanes) is 1. The van der Waals surface area contributed by atoms with E-state index in [2.05, 4.69) is 0 Å². The lowest BCUT2D eigenvalue weighted by molar-refractivity contribution is -0.140. The molecule has 0 bridgehead atoms. The van der Waals surface area contributed by atoms with Crippen molar-refractivity contribution < 1.29 is 19.5 Å². The molecule has 2 fully saturated rings. The van der Waals surface area contributed by atoms with Gasteiger partial charge in [0.2, 0.25) is 11.8 Å². The molecule has 2 rings (SSSR count). The first-order chi connectivity index (χ1) is 9.58. The van der Waals surface area contributed by atoms with Gasteiger partial charge in [-0.3, -0.25) is 14.4 Å². The SMILES string of the molecule is O=C(O)CCCCC(=O)N1CCN(C(=O)C2CC2)CC1. The molecule has 1 saturated heterocycles. The van der Waals surface area contributed by atoms with Crippen LogP contribution in [-0.2, 0) is 14.4 Å². The summed E-state index contributed by atoms with van der Waals surface area (Å²) in [6, 6.07) is 0. The lowest BCUT2D eigenvalue weighted by Crippen LogP contribution is -2.51. The summed E-state index contributed by atoms with van der Waals surface area (Å²) in [5, 5.41) is 8.53. The minimum Gasteiger partial charge on any atom is -0.481 e. The van der Waals surface area contributed by atoms with Crippen LogP contribution in [0.1, 0.15) is 38.5 Å². The lowest BCUT2D eigenvalue weighted by atomic mass is 10.1. The molecule has 2 aliphatic rings. The van der Waals surface area contributed by atoms with E-state index in [9.17, 15) is 14.4 Å². The Balaban J connectivity index is 1.63. The maximum absolute atomic E-state index is 11.9. The van der Waals surface area contributed by atoms with Crippen molar-refractivity contribution in [1.29, 1.82) is 0 Å². The van der Waals surface area contributed by atoms with Gasteiger partial charge in [-0.2, -0.15) is 0 Å². The number of rotatable bonds is 6. The number of nitrogens with zero attached hydrogens (tertiary/aromatic N) is 2. The van der Waals surface area contributed by atoms with Gasteiger partial charge in [-0.15, -0.1) is 0 Å². The van der Waals surface area contributed by atoms with Crippen LogP contribution in [0.15, 0.2) is 0 Å². The Morgan fingerprint density at radius 2 is 1.45 bits per heavy atom. The number of carboxylic acid groups (broad SMARTS) is 1. The second kappa shape index (κ2) is 6.72. The van der Waals surface area contributed by atoms with Crippen molar-refractivity contribution >= 4 is 17.8 Å². The molecule has 0 atom stereocenters. The van der Waals surface area contributed by atoms with Gasteiger partial charge in [0.15, 0.2) is 0 Å². The van der Waals surface area contributed by atoms with E-state index in [1.54, 1.807) is 4.90 Å². The van der Waals surface area contributed by atoms with Crippen molar-refractivity contribution in [1.82, 2.24) is 9.80 Å². The van der Waals surface area contributed by atoms with Crippen LogP contribution in [0.25, 0.3) is 0 Å². The van der Waals surface area contributed by atoms with Crippen LogP contribution in [0.3, 0.4) is 0 Å². The Bertz CT molecular complexity index is 385. The van der Waals surface area contributed by atoms with Gasteiger partial charge in [0.25, 0.3) is 0 Å². The second-order valence-corrected chi connectivity index (χ2v) is 5.58. The highest BCUT2D eigenvalue weighted by molar-refractivity contribution is 5.81.